The van der Waals surface area contributed by atoms with Crippen LogP contribution in [0.15, 0.2) is 18.2 Å². The van der Waals surface area contributed by atoms with E-state index >= 15 is 0 Å². The van der Waals surface area contributed by atoms with E-state index in [4.69, 9.17) is 9.47 Å². The first-order valence-electron chi connectivity index (χ1n) is 5.19. The molecule has 0 saturated carbocycles. The fourth-order valence-corrected chi connectivity index (χ4v) is 2.00. The molecule has 1 aromatic carbocycles. The zero-order chi connectivity index (χ0) is 11.5. The summed E-state index contributed by atoms with van der Waals surface area (Å²) in [5.41, 5.74) is 1.19. The summed E-state index contributed by atoms with van der Waals surface area (Å²) < 4.78 is 14.2. The van der Waals surface area contributed by atoms with Crippen LogP contribution < -0.4 is 14.8 Å². The molecule has 0 saturated heterocycles. The van der Waals surface area contributed by atoms with E-state index in [1.165, 1.54) is 17.1 Å². The predicted octanol–water partition coefficient (Wildman–Crippen LogP) is 1.32. The molecule has 0 aliphatic carbocycles. The molecule has 0 atom stereocenters. The third kappa shape index (κ3) is 2.28. The van der Waals surface area contributed by atoms with Gasteiger partial charge in [0, 0.05) is 18.1 Å². The molecule has 3 rings (SSSR count). The van der Waals surface area contributed by atoms with Crippen LogP contribution in [0.1, 0.15) is 5.56 Å². The van der Waals surface area contributed by atoms with Gasteiger partial charge >= 0.3 is 0 Å². The van der Waals surface area contributed by atoms with Gasteiger partial charge in [-0.2, -0.15) is 0 Å². The highest BCUT2D eigenvalue weighted by atomic mass is 32.1. The standard InChI is InChI=1S/C10H10N4O2S/c1-2-8-9(16-6-15-8)5-7(1)3-4-11-10-12-13-14-17-10/h1-2,5H,3-4,6H2,(H,11,12,14). The second kappa shape index (κ2) is 4.54. The molecule has 0 radical (unpaired) electrons. The Morgan fingerprint density at radius 2 is 2.24 bits per heavy atom. The first kappa shape index (κ1) is 10.3. The van der Waals surface area contributed by atoms with Gasteiger partial charge in [-0.25, -0.2) is 0 Å². The van der Waals surface area contributed by atoms with Crippen LogP contribution in [0.5, 0.6) is 11.5 Å². The van der Waals surface area contributed by atoms with Gasteiger partial charge in [0.2, 0.25) is 11.9 Å². The number of anilines is 1. The van der Waals surface area contributed by atoms with Crippen molar-refractivity contribution in [1.82, 2.24) is 14.8 Å². The van der Waals surface area contributed by atoms with Crippen molar-refractivity contribution in [1.29, 1.82) is 0 Å². The van der Waals surface area contributed by atoms with Crippen LogP contribution >= 0.6 is 11.5 Å². The Balaban J connectivity index is 1.58. The monoisotopic (exact) mass is 250 g/mol. The van der Waals surface area contributed by atoms with Crippen LogP contribution in [0.4, 0.5) is 5.13 Å². The van der Waals surface area contributed by atoms with E-state index in [2.05, 4.69) is 20.1 Å². The summed E-state index contributed by atoms with van der Waals surface area (Å²) in [5, 5.41) is 11.2. The number of fused-ring (bicyclic) bond motifs is 1. The van der Waals surface area contributed by atoms with Crippen molar-refractivity contribution in [2.45, 2.75) is 6.42 Å². The predicted molar refractivity (Wildman–Crippen MR) is 62.5 cm³/mol. The molecule has 0 fully saturated rings. The average molecular weight is 250 g/mol. The van der Waals surface area contributed by atoms with Crippen LogP contribution in [0.2, 0.25) is 0 Å². The van der Waals surface area contributed by atoms with Crippen LogP contribution in [0.25, 0.3) is 0 Å². The van der Waals surface area contributed by atoms with Gasteiger partial charge in [-0.05, 0) is 29.3 Å². The van der Waals surface area contributed by atoms with Crippen molar-refractivity contribution in [2.24, 2.45) is 0 Å². The molecule has 0 amide bonds. The van der Waals surface area contributed by atoms with Crippen molar-refractivity contribution in [3.8, 4) is 11.5 Å². The summed E-state index contributed by atoms with van der Waals surface area (Å²) >= 11 is 1.25. The summed E-state index contributed by atoms with van der Waals surface area (Å²) in [7, 11) is 0. The first-order valence-corrected chi connectivity index (χ1v) is 5.96. The summed E-state index contributed by atoms with van der Waals surface area (Å²) in [4.78, 5) is 0. The molecular formula is C10H10N4O2S. The topological polar surface area (TPSA) is 69.2 Å². The van der Waals surface area contributed by atoms with Crippen molar-refractivity contribution in [2.75, 3.05) is 18.7 Å². The van der Waals surface area contributed by atoms with Crippen LogP contribution in [-0.4, -0.2) is 28.1 Å². The van der Waals surface area contributed by atoms with E-state index in [0.717, 1.165) is 29.6 Å². The maximum atomic E-state index is 5.32. The number of aromatic nitrogens is 3. The number of benzene rings is 1. The van der Waals surface area contributed by atoms with Gasteiger partial charge in [0.25, 0.3) is 0 Å². The molecule has 2 aromatic rings. The summed E-state index contributed by atoms with van der Waals surface area (Å²) in [6, 6.07) is 5.97. The van der Waals surface area contributed by atoms with Crippen molar-refractivity contribution in [3.05, 3.63) is 23.8 Å². The van der Waals surface area contributed by atoms with E-state index in [-0.39, 0.29) is 0 Å². The lowest BCUT2D eigenvalue weighted by Crippen LogP contribution is -2.04. The summed E-state index contributed by atoms with van der Waals surface area (Å²) in [6.45, 7) is 1.10. The normalized spacial score (nSPS) is 12.7. The largest absolute Gasteiger partial charge is 0.454 e. The maximum Gasteiger partial charge on any atom is 0.231 e. The Bertz CT molecular complexity index is 503. The lowest BCUT2D eigenvalue weighted by molar-refractivity contribution is 0.174. The van der Waals surface area contributed by atoms with Gasteiger partial charge in [-0.1, -0.05) is 15.7 Å². The zero-order valence-electron chi connectivity index (χ0n) is 8.92. The Kier molecular flexibility index (Phi) is 2.74. The first-order chi connectivity index (χ1) is 8.42. The minimum atomic E-state index is 0.313. The molecule has 17 heavy (non-hydrogen) atoms. The van der Waals surface area contributed by atoms with Gasteiger partial charge in [0.15, 0.2) is 11.5 Å². The van der Waals surface area contributed by atoms with Crippen molar-refractivity contribution < 1.29 is 9.47 Å². The van der Waals surface area contributed by atoms with Gasteiger partial charge in [0.05, 0.1) is 0 Å². The fraction of sp³-hybridized carbons (Fsp3) is 0.300. The number of hydrogen-bond donors (Lipinski definition) is 1. The highest BCUT2D eigenvalue weighted by molar-refractivity contribution is 7.09. The van der Waals surface area contributed by atoms with Crippen LogP contribution in [0.3, 0.4) is 0 Å². The molecule has 1 aliphatic heterocycles. The molecule has 1 N–H and O–H groups in total. The smallest absolute Gasteiger partial charge is 0.231 e. The van der Waals surface area contributed by atoms with Gasteiger partial charge < -0.3 is 14.8 Å². The molecule has 6 nitrogen and oxygen atoms in total. The zero-order valence-corrected chi connectivity index (χ0v) is 9.74. The molecule has 1 aromatic heterocycles. The van der Waals surface area contributed by atoms with Crippen molar-refractivity contribution >= 4 is 16.7 Å². The fourth-order valence-electron chi connectivity index (χ4n) is 1.61. The number of hydrogen-bond acceptors (Lipinski definition) is 7. The van der Waals surface area contributed by atoms with Gasteiger partial charge in [-0.15, -0.1) is 0 Å². The SMILES string of the molecule is c1cc2c(cc1CCNc1nnns1)OCO2. The highest BCUT2D eigenvalue weighted by Crippen LogP contribution is 2.32. The third-order valence-electron chi connectivity index (χ3n) is 2.43. The maximum absolute atomic E-state index is 5.32. The highest BCUT2D eigenvalue weighted by Gasteiger charge is 2.12. The lowest BCUT2D eigenvalue weighted by Gasteiger charge is -2.03. The van der Waals surface area contributed by atoms with E-state index in [1.807, 2.05) is 18.2 Å². The van der Waals surface area contributed by atoms with Crippen LogP contribution in [0, 0.1) is 0 Å². The lowest BCUT2D eigenvalue weighted by atomic mass is 10.1. The summed E-state index contributed by atoms with van der Waals surface area (Å²) in [5.74, 6) is 1.63. The summed E-state index contributed by atoms with van der Waals surface area (Å²) in [6.07, 6.45) is 0.885. The molecule has 0 bridgehead atoms. The van der Waals surface area contributed by atoms with E-state index in [1.54, 1.807) is 0 Å². The second-order valence-corrected chi connectivity index (χ2v) is 4.26. The van der Waals surface area contributed by atoms with Gasteiger partial charge in [-0.3, -0.25) is 0 Å². The minimum absolute atomic E-state index is 0.313. The molecule has 7 heteroatoms. The minimum Gasteiger partial charge on any atom is -0.454 e. The molecule has 0 unspecified atom stereocenters. The van der Waals surface area contributed by atoms with Crippen molar-refractivity contribution in [3.63, 3.8) is 0 Å². The quantitative estimate of drug-likeness (QED) is 0.882. The average Bonchev–Trinajstić information content (AvgIpc) is 2.98. The van der Waals surface area contributed by atoms with E-state index in [9.17, 15) is 0 Å². The van der Waals surface area contributed by atoms with Gasteiger partial charge in [0.1, 0.15) is 0 Å². The molecule has 2 heterocycles. The number of nitrogens with one attached hydrogen (secondary N) is 1. The second-order valence-electron chi connectivity index (χ2n) is 3.53. The van der Waals surface area contributed by atoms with E-state index in [0.29, 0.717) is 6.79 Å². The number of nitrogens with zero attached hydrogens (tertiary/aromatic N) is 3. The molecular weight excluding hydrogens is 240 g/mol. The third-order valence-corrected chi connectivity index (χ3v) is 2.98. The molecule has 0 spiro atoms. The Hall–Kier alpha value is -1.89. The molecule has 88 valence electrons. The Labute approximate surface area is 102 Å². The van der Waals surface area contributed by atoms with E-state index < -0.39 is 0 Å². The van der Waals surface area contributed by atoms with Crippen LogP contribution in [-0.2, 0) is 6.42 Å². The number of rotatable bonds is 4. The number of ether oxygens (including phenoxy) is 2. The Morgan fingerprint density at radius 3 is 3.12 bits per heavy atom. The Morgan fingerprint density at radius 1 is 1.29 bits per heavy atom. The molecule has 1 aliphatic rings.